The highest BCUT2D eigenvalue weighted by Gasteiger charge is 2.27. The van der Waals surface area contributed by atoms with Crippen LogP contribution in [-0.2, 0) is 4.79 Å². The summed E-state index contributed by atoms with van der Waals surface area (Å²) in [6, 6.07) is 2.13. The van der Waals surface area contributed by atoms with Gasteiger partial charge in [0.25, 0.3) is 0 Å². The smallest absolute Gasteiger partial charge is 0.227 e. The summed E-state index contributed by atoms with van der Waals surface area (Å²) >= 11 is 1.59. The van der Waals surface area contributed by atoms with Gasteiger partial charge in [-0.25, -0.2) is 0 Å². The van der Waals surface area contributed by atoms with Crippen molar-refractivity contribution in [3.8, 4) is 0 Å². The van der Waals surface area contributed by atoms with Crippen LogP contribution in [0.1, 0.15) is 19.3 Å². The molecule has 1 aliphatic rings. The lowest BCUT2D eigenvalue weighted by Crippen LogP contribution is -2.22. The van der Waals surface area contributed by atoms with Crippen molar-refractivity contribution in [1.29, 1.82) is 0 Å². The first-order valence-corrected chi connectivity index (χ1v) is 5.78. The lowest BCUT2D eigenvalue weighted by molar-refractivity contribution is -0.119. The van der Waals surface area contributed by atoms with E-state index in [0.717, 1.165) is 24.9 Å². The zero-order chi connectivity index (χ0) is 9.97. The SMILES string of the molecule is NC1CCC(C(=O)Nc2ccsc2)C1. The van der Waals surface area contributed by atoms with E-state index in [2.05, 4.69) is 5.32 Å². The maximum absolute atomic E-state index is 11.7. The Labute approximate surface area is 87.3 Å². The van der Waals surface area contributed by atoms with Crippen LogP contribution in [0.2, 0.25) is 0 Å². The van der Waals surface area contributed by atoms with Gasteiger partial charge in [0, 0.05) is 17.3 Å². The first-order chi connectivity index (χ1) is 6.75. The topological polar surface area (TPSA) is 55.1 Å². The van der Waals surface area contributed by atoms with Gasteiger partial charge in [0.15, 0.2) is 0 Å². The van der Waals surface area contributed by atoms with Crippen molar-refractivity contribution >= 4 is 22.9 Å². The summed E-state index contributed by atoms with van der Waals surface area (Å²) < 4.78 is 0. The Hall–Kier alpha value is -0.870. The lowest BCUT2D eigenvalue weighted by Gasteiger charge is -2.08. The van der Waals surface area contributed by atoms with Crippen LogP contribution in [0.5, 0.6) is 0 Å². The zero-order valence-corrected chi connectivity index (χ0v) is 8.72. The summed E-state index contributed by atoms with van der Waals surface area (Å²) in [5, 5.41) is 6.79. The molecule has 0 aliphatic heterocycles. The summed E-state index contributed by atoms with van der Waals surface area (Å²) in [5.41, 5.74) is 6.66. The number of nitrogens with one attached hydrogen (secondary N) is 1. The number of hydrogen-bond donors (Lipinski definition) is 2. The van der Waals surface area contributed by atoms with Gasteiger partial charge in [-0.15, -0.1) is 0 Å². The maximum atomic E-state index is 11.7. The Kier molecular flexibility index (Phi) is 2.84. The molecule has 2 atom stereocenters. The van der Waals surface area contributed by atoms with Crippen molar-refractivity contribution in [2.75, 3.05) is 5.32 Å². The zero-order valence-electron chi connectivity index (χ0n) is 7.90. The highest BCUT2D eigenvalue weighted by Crippen LogP contribution is 2.25. The van der Waals surface area contributed by atoms with E-state index in [1.54, 1.807) is 11.3 Å². The van der Waals surface area contributed by atoms with E-state index in [1.807, 2.05) is 16.8 Å². The minimum absolute atomic E-state index is 0.116. The van der Waals surface area contributed by atoms with Crippen LogP contribution in [-0.4, -0.2) is 11.9 Å². The summed E-state index contributed by atoms with van der Waals surface area (Å²) in [6.45, 7) is 0. The average Bonchev–Trinajstić information content (AvgIpc) is 2.75. The molecule has 0 aromatic carbocycles. The van der Waals surface area contributed by atoms with E-state index in [4.69, 9.17) is 5.73 Å². The molecule has 2 unspecified atom stereocenters. The van der Waals surface area contributed by atoms with Crippen LogP contribution in [0, 0.1) is 5.92 Å². The third-order valence-corrected chi connectivity index (χ3v) is 3.32. The fourth-order valence-electron chi connectivity index (χ4n) is 1.83. The highest BCUT2D eigenvalue weighted by atomic mass is 32.1. The average molecular weight is 210 g/mol. The minimum Gasteiger partial charge on any atom is -0.328 e. The number of hydrogen-bond acceptors (Lipinski definition) is 3. The standard InChI is InChI=1S/C10H14N2OS/c11-8-2-1-7(5-8)10(13)12-9-3-4-14-6-9/h3-4,6-8H,1-2,5,11H2,(H,12,13). The number of thiophene rings is 1. The fourth-order valence-corrected chi connectivity index (χ4v) is 2.42. The first-order valence-electron chi connectivity index (χ1n) is 4.84. The van der Waals surface area contributed by atoms with Crippen LogP contribution in [0.25, 0.3) is 0 Å². The van der Waals surface area contributed by atoms with Gasteiger partial charge in [0.05, 0.1) is 5.69 Å². The molecule has 1 heterocycles. The molecule has 1 aromatic rings. The van der Waals surface area contributed by atoms with E-state index < -0.39 is 0 Å². The summed E-state index contributed by atoms with van der Waals surface area (Å²) in [4.78, 5) is 11.7. The van der Waals surface area contributed by atoms with Crippen molar-refractivity contribution in [1.82, 2.24) is 0 Å². The third kappa shape index (κ3) is 2.13. The Bertz CT molecular complexity index is 310. The van der Waals surface area contributed by atoms with E-state index in [0.29, 0.717) is 0 Å². The number of nitrogens with two attached hydrogens (primary N) is 1. The molecule has 0 bridgehead atoms. The second-order valence-electron chi connectivity index (χ2n) is 3.77. The molecule has 0 spiro atoms. The van der Waals surface area contributed by atoms with E-state index >= 15 is 0 Å². The van der Waals surface area contributed by atoms with E-state index in [9.17, 15) is 4.79 Å². The summed E-state index contributed by atoms with van der Waals surface area (Å²) in [7, 11) is 0. The van der Waals surface area contributed by atoms with Gasteiger partial charge in [0.1, 0.15) is 0 Å². The number of carbonyl (C=O) groups excluding carboxylic acids is 1. The van der Waals surface area contributed by atoms with Crippen molar-refractivity contribution in [3.63, 3.8) is 0 Å². The monoisotopic (exact) mass is 210 g/mol. The van der Waals surface area contributed by atoms with Crippen molar-refractivity contribution < 1.29 is 4.79 Å². The quantitative estimate of drug-likeness (QED) is 0.782. The second-order valence-corrected chi connectivity index (χ2v) is 4.55. The van der Waals surface area contributed by atoms with Gasteiger partial charge in [-0.2, -0.15) is 11.3 Å². The molecule has 1 aliphatic carbocycles. The molecule has 0 saturated heterocycles. The third-order valence-electron chi connectivity index (χ3n) is 2.63. The number of amides is 1. The maximum Gasteiger partial charge on any atom is 0.227 e. The molecule has 4 heteroatoms. The molecule has 1 fully saturated rings. The Morgan fingerprint density at radius 3 is 3.00 bits per heavy atom. The van der Waals surface area contributed by atoms with Gasteiger partial charge in [-0.3, -0.25) is 4.79 Å². The molecule has 1 amide bonds. The van der Waals surface area contributed by atoms with Crippen LogP contribution >= 0.6 is 11.3 Å². The van der Waals surface area contributed by atoms with Crippen LogP contribution < -0.4 is 11.1 Å². The second kappa shape index (κ2) is 4.11. The lowest BCUT2D eigenvalue weighted by atomic mass is 10.1. The Morgan fingerprint density at radius 1 is 1.57 bits per heavy atom. The van der Waals surface area contributed by atoms with Crippen molar-refractivity contribution in [3.05, 3.63) is 16.8 Å². The van der Waals surface area contributed by atoms with Gasteiger partial charge in [-0.05, 0) is 30.7 Å². The molecule has 2 rings (SSSR count). The van der Waals surface area contributed by atoms with Gasteiger partial charge in [0.2, 0.25) is 5.91 Å². The normalized spacial score (nSPS) is 26.4. The highest BCUT2D eigenvalue weighted by molar-refractivity contribution is 7.08. The summed E-state index contributed by atoms with van der Waals surface area (Å²) in [5.74, 6) is 0.237. The van der Waals surface area contributed by atoms with Gasteiger partial charge < -0.3 is 11.1 Å². The summed E-state index contributed by atoms with van der Waals surface area (Å²) in [6.07, 6.45) is 2.73. The predicted octanol–water partition coefficient (Wildman–Crippen LogP) is 1.81. The fraction of sp³-hybridized carbons (Fsp3) is 0.500. The van der Waals surface area contributed by atoms with Gasteiger partial charge >= 0.3 is 0 Å². The van der Waals surface area contributed by atoms with E-state index in [-0.39, 0.29) is 17.9 Å². The van der Waals surface area contributed by atoms with Crippen LogP contribution in [0.4, 0.5) is 5.69 Å². The molecule has 3 nitrogen and oxygen atoms in total. The van der Waals surface area contributed by atoms with Gasteiger partial charge in [-0.1, -0.05) is 0 Å². The molecular weight excluding hydrogens is 196 g/mol. The Balaban J connectivity index is 1.90. The molecule has 3 N–H and O–H groups in total. The molecule has 1 saturated carbocycles. The van der Waals surface area contributed by atoms with Crippen molar-refractivity contribution in [2.45, 2.75) is 25.3 Å². The molecule has 1 aromatic heterocycles. The minimum atomic E-state index is 0.116. The number of anilines is 1. The first kappa shape index (κ1) is 9.68. The molecular formula is C10H14N2OS. The predicted molar refractivity (Wildman–Crippen MR) is 58.3 cm³/mol. The number of carbonyl (C=O) groups is 1. The van der Waals surface area contributed by atoms with Crippen LogP contribution in [0.3, 0.4) is 0 Å². The van der Waals surface area contributed by atoms with E-state index in [1.165, 1.54) is 0 Å². The largest absolute Gasteiger partial charge is 0.328 e. The number of rotatable bonds is 2. The molecule has 76 valence electrons. The van der Waals surface area contributed by atoms with Crippen LogP contribution in [0.15, 0.2) is 16.8 Å². The molecule has 0 radical (unpaired) electrons. The van der Waals surface area contributed by atoms with Crippen molar-refractivity contribution in [2.24, 2.45) is 11.7 Å². The molecule has 14 heavy (non-hydrogen) atoms. The Morgan fingerprint density at radius 2 is 2.43 bits per heavy atom.